The van der Waals surface area contributed by atoms with Gasteiger partial charge in [0, 0.05) is 17.8 Å². The molecule has 14 heavy (non-hydrogen) atoms. The van der Waals surface area contributed by atoms with Crippen molar-refractivity contribution in [1.82, 2.24) is 5.32 Å². The molecule has 0 spiro atoms. The molecule has 1 aliphatic carbocycles. The smallest absolute Gasteiger partial charge is 0.00680 e. The molecule has 84 valence electrons. The minimum atomic E-state index is 0.427. The molecule has 0 radical (unpaired) electrons. The first-order valence-corrected chi connectivity index (χ1v) is 7.06. The first-order valence-electron chi connectivity index (χ1n) is 5.77. The largest absolute Gasteiger partial charge is 0.313 e. The summed E-state index contributed by atoms with van der Waals surface area (Å²) in [7, 11) is 0. The standard InChI is InChI=1S/C12H25NS/c1-12(2,3)9-13-10-5-7-11(14-4)8-6-10/h10-11,13H,5-9H2,1-4H3. The molecule has 0 aliphatic heterocycles. The third-order valence-corrected chi connectivity index (χ3v) is 4.07. The topological polar surface area (TPSA) is 12.0 Å². The highest BCUT2D eigenvalue weighted by atomic mass is 32.2. The summed E-state index contributed by atoms with van der Waals surface area (Å²) < 4.78 is 0. The summed E-state index contributed by atoms with van der Waals surface area (Å²) in [5.41, 5.74) is 0.427. The average molecular weight is 215 g/mol. The van der Waals surface area contributed by atoms with Crippen molar-refractivity contribution in [1.29, 1.82) is 0 Å². The average Bonchev–Trinajstić information content (AvgIpc) is 2.14. The van der Waals surface area contributed by atoms with Crippen molar-refractivity contribution in [2.24, 2.45) is 5.41 Å². The maximum Gasteiger partial charge on any atom is 0.00680 e. The number of hydrogen-bond acceptors (Lipinski definition) is 2. The fraction of sp³-hybridized carbons (Fsp3) is 1.00. The van der Waals surface area contributed by atoms with Gasteiger partial charge in [-0.25, -0.2) is 0 Å². The van der Waals surface area contributed by atoms with Crippen LogP contribution in [-0.2, 0) is 0 Å². The molecule has 0 saturated heterocycles. The molecule has 0 aromatic rings. The highest BCUT2D eigenvalue weighted by Crippen LogP contribution is 2.27. The molecule has 1 nitrogen and oxygen atoms in total. The van der Waals surface area contributed by atoms with E-state index >= 15 is 0 Å². The molecule has 0 bridgehead atoms. The second-order valence-electron chi connectivity index (χ2n) is 5.65. The third-order valence-electron chi connectivity index (χ3n) is 2.93. The molecule has 0 unspecified atom stereocenters. The number of thioether (sulfide) groups is 1. The minimum absolute atomic E-state index is 0.427. The molecule has 1 N–H and O–H groups in total. The van der Waals surface area contributed by atoms with Gasteiger partial charge < -0.3 is 5.32 Å². The maximum absolute atomic E-state index is 3.70. The van der Waals surface area contributed by atoms with Crippen LogP contribution >= 0.6 is 11.8 Å². The number of rotatable bonds is 3. The highest BCUT2D eigenvalue weighted by Gasteiger charge is 2.21. The van der Waals surface area contributed by atoms with Crippen molar-refractivity contribution in [2.75, 3.05) is 12.8 Å². The van der Waals surface area contributed by atoms with E-state index in [1.807, 2.05) is 11.8 Å². The van der Waals surface area contributed by atoms with E-state index in [1.54, 1.807) is 0 Å². The molecule has 0 amide bonds. The summed E-state index contributed by atoms with van der Waals surface area (Å²) in [5.74, 6) is 0. The van der Waals surface area contributed by atoms with Crippen LogP contribution in [-0.4, -0.2) is 24.1 Å². The Morgan fingerprint density at radius 3 is 2.14 bits per heavy atom. The van der Waals surface area contributed by atoms with Gasteiger partial charge >= 0.3 is 0 Å². The number of hydrogen-bond donors (Lipinski definition) is 1. The zero-order valence-electron chi connectivity index (χ0n) is 10.1. The van der Waals surface area contributed by atoms with Crippen molar-refractivity contribution in [3.05, 3.63) is 0 Å². The van der Waals surface area contributed by atoms with Crippen molar-refractivity contribution < 1.29 is 0 Å². The maximum atomic E-state index is 3.70. The molecule has 1 saturated carbocycles. The van der Waals surface area contributed by atoms with E-state index in [-0.39, 0.29) is 0 Å². The van der Waals surface area contributed by atoms with Gasteiger partial charge in [0.05, 0.1) is 0 Å². The van der Waals surface area contributed by atoms with Crippen LogP contribution in [0.2, 0.25) is 0 Å². The molecular weight excluding hydrogens is 190 g/mol. The Labute approximate surface area is 93.4 Å². The summed E-state index contributed by atoms with van der Waals surface area (Å²) in [5, 5.41) is 4.63. The second-order valence-corrected chi connectivity index (χ2v) is 6.79. The van der Waals surface area contributed by atoms with Crippen molar-refractivity contribution in [3.63, 3.8) is 0 Å². The molecule has 0 heterocycles. The summed E-state index contributed by atoms with van der Waals surface area (Å²) in [6, 6.07) is 0.789. The van der Waals surface area contributed by atoms with Crippen LogP contribution in [0, 0.1) is 5.41 Å². The normalized spacial score (nSPS) is 29.1. The zero-order valence-corrected chi connectivity index (χ0v) is 10.9. The summed E-state index contributed by atoms with van der Waals surface area (Å²) in [4.78, 5) is 0. The molecule has 0 aromatic heterocycles. The summed E-state index contributed by atoms with van der Waals surface area (Å²) in [6.07, 6.45) is 7.81. The Balaban J connectivity index is 2.16. The van der Waals surface area contributed by atoms with Gasteiger partial charge in [-0.2, -0.15) is 11.8 Å². The van der Waals surface area contributed by atoms with E-state index in [9.17, 15) is 0 Å². The Morgan fingerprint density at radius 1 is 1.14 bits per heavy atom. The first-order chi connectivity index (χ1) is 6.51. The van der Waals surface area contributed by atoms with E-state index in [0.29, 0.717) is 5.41 Å². The lowest BCUT2D eigenvalue weighted by Gasteiger charge is -2.30. The second kappa shape index (κ2) is 5.41. The van der Waals surface area contributed by atoms with Crippen LogP contribution in [0.5, 0.6) is 0 Å². The molecule has 1 rings (SSSR count). The zero-order chi connectivity index (χ0) is 10.6. The van der Waals surface area contributed by atoms with Crippen LogP contribution in [0.15, 0.2) is 0 Å². The van der Waals surface area contributed by atoms with Gasteiger partial charge in [0.2, 0.25) is 0 Å². The third kappa shape index (κ3) is 4.70. The molecule has 0 aromatic carbocycles. The van der Waals surface area contributed by atoms with Crippen molar-refractivity contribution in [2.45, 2.75) is 57.7 Å². The fourth-order valence-electron chi connectivity index (χ4n) is 1.95. The minimum Gasteiger partial charge on any atom is -0.313 e. The lowest BCUT2D eigenvalue weighted by molar-refractivity contribution is 0.310. The monoisotopic (exact) mass is 215 g/mol. The van der Waals surface area contributed by atoms with E-state index in [2.05, 4.69) is 32.3 Å². The van der Waals surface area contributed by atoms with Gasteiger partial charge in [0.15, 0.2) is 0 Å². The van der Waals surface area contributed by atoms with E-state index in [0.717, 1.165) is 17.8 Å². The van der Waals surface area contributed by atoms with Crippen molar-refractivity contribution in [3.8, 4) is 0 Å². The van der Waals surface area contributed by atoms with E-state index in [4.69, 9.17) is 0 Å². The number of nitrogens with one attached hydrogen (secondary N) is 1. The van der Waals surface area contributed by atoms with Gasteiger partial charge in [0.25, 0.3) is 0 Å². The molecule has 2 heteroatoms. The quantitative estimate of drug-likeness (QED) is 0.775. The van der Waals surface area contributed by atoms with E-state index < -0.39 is 0 Å². The van der Waals surface area contributed by atoms with Crippen molar-refractivity contribution >= 4 is 11.8 Å². The highest BCUT2D eigenvalue weighted by molar-refractivity contribution is 7.99. The Morgan fingerprint density at radius 2 is 1.71 bits per heavy atom. The first kappa shape index (κ1) is 12.4. The van der Waals surface area contributed by atoms with Crippen LogP contribution in [0.25, 0.3) is 0 Å². The summed E-state index contributed by atoms with van der Waals surface area (Å²) >= 11 is 2.04. The van der Waals surface area contributed by atoms with Gasteiger partial charge in [-0.1, -0.05) is 20.8 Å². The molecular formula is C12H25NS. The Bertz CT molecular complexity index is 154. The molecule has 1 aliphatic rings. The summed E-state index contributed by atoms with van der Waals surface area (Å²) in [6.45, 7) is 8.05. The van der Waals surface area contributed by atoms with Gasteiger partial charge in [-0.05, 0) is 37.4 Å². The van der Waals surface area contributed by atoms with Crippen LogP contribution in [0.4, 0.5) is 0 Å². The predicted molar refractivity (Wildman–Crippen MR) is 67.0 cm³/mol. The molecule has 1 fully saturated rings. The lowest BCUT2D eigenvalue weighted by atomic mass is 9.92. The fourth-order valence-corrected chi connectivity index (χ4v) is 2.70. The van der Waals surface area contributed by atoms with Gasteiger partial charge in [-0.15, -0.1) is 0 Å². The molecule has 0 atom stereocenters. The van der Waals surface area contributed by atoms with E-state index in [1.165, 1.54) is 25.7 Å². The van der Waals surface area contributed by atoms with Crippen LogP contribution in [0.1, 0.15) is 46.5 Å². The van der Waals surface area contributed by atoms with Gasteiger partial charge in [-0.3, -0.25) is 0 Å². The van der Waals surface area contributed by atoms with Crippen LogP contribution < -0.4 is 5.32 Å². The van der Waals surface area contributed by atoms with Gasteiger partial charge in [0.1, 0.15) is 0 Å². The Kier molecular flexibility index (Phi) is 4.78. The van der Waals surface area contributed by atoms with Crippen LogP contribution in [0.3, 0.4) is 0 Å². The SMILES string of the molecule is CSC1CCC(NCC(C)(C)C)CC1. The Hall–Kier alpha value is 0.310. The lowest BCUT2D eigenvalue weighted by Crippen LogP contribution is -2.38. The predicted octanol–water partition coefficient (Wildman–Crippen LogP) is 3.30.